The predicted molar refractivity (Wildman–Crippen MR) is 102 cm³/mol. The summed E-state index contributed by atoms with van der Waals surface area (Å²) < 4.78 is 28.5. The second kappa shape index (κ2) is 7.13. The first kappa shape index (κ1) is 19.1. The Morgan fingerprint density at radius 2 is 1.81 bits per heavy atom. The highest BCUT2D eigenvalue weighted by Crippen LogP contribution is 2.23. The van der Waals surface area contributed by atoms with Crippen LogP contribution in [0.2, 0.25) is 5.02 Å². The Bertz CT molecular complexity index is 1140. The lowest BCUT2D eigenvalue weighted by atomic mass is 10.2. The van der Waals surface area contributed by atoms with Gasteiger partial charge in [-0.3, -0.25) is 4.79 Å². The van der Waals surface area contributed by atoms with Gasteiger partial charge >= 0.3 is 0 Å². The fourth-order valence-corrected chi connectivity index (χ4v) is 4.15. The third-order valence-electron chi connectivity index (χ3n) is 4.05. The largest absolute Gasteiger partial charge is 0.287 e. The standard InChI is InChI=1S/C18H17ClN4O3S/c1-11-8-9-15(14(19)10-11)23-13(3)17(20-22-23)18(24)21-27(25,26)16-7-5-4-6-12(16)2/h4-10H,1-3H3,(H,21,24). The van der Waals surface area contributed by atoms with E-state index in [-0.39, 0.29) is 10.6 Å². The predicted octanol–water partition coefficient (Wildman–Crippen LogP) is 2.96. The van der Waals surface area contributed by atoms with Crippen LogP contribution in [0.15, 0.2) is 47.4 Å². The van der Waals surface area contributed by atoms with E-state index in [1.165, 1.54) is 10.7 Å². The molecule has 0 spiro atoms. The number of amides is 1. The topological polar surface area (TPSA) is 93.9 Å². The maximum Gasteiger partial charge on any atom is 0.287 e. The van der Waals surface area contributed by atoms with Gasteiger partial charge in [0.1, 0.15) is 0 Å². The average molecular weight is 405 g/mol. The lowest BCUT2D eigenvalue weighted by Crippen LogP contribution is -2.31. The Morgan fingerprint density at radius 3 is 2.48 bits per heavy atom. The Morgan fingerprint density at radius 1 is 1.11 bits per heavy atom. The van der Waals surface area contributed by atoms with Crippen LogP contribution in [0.1, 0.15) is 27.3 Å². The fraction of sp³-hybridized carbons (Fsp3) is 0.167. The van der Waals surface area contributed by atoms with E-state index in [0.29, 0.717) is 22.0 Å². The van der Waals surface area contributed by atoms with Crippen molar-refractivity contribution < 1.29 is 13.2 Å². The lowest BCUT2D eigenvalue weighted by molar-refractivity contribution is 0.0976. The van der Waals surface area contributed by atoms with Gasteiger partial charge in [-0.2, -0.15) is 0 Å². The number of sulfonamides is 1. The highest BCUT2D eigenvalue weighted by Gasteiger charge is 2.25. The van der Waals surface area contributed by atoms with E-state index in [1.54, 1.807) is 44.2 Å². The molecule has 3 aromatic rings. The Kier molecular flexibility index (Phi) is 5.03. The number of aromatic nitrogens is 3. The minimum Gasteiger partial charge on any atom is -0.266 e. The number of carbonyl (C=O) groups is 1. The van der Waals surface area contributed by atoms with Gasteiger partial charge < -0.3 is 0 Å². The van der Waals surface area contributed by atoms with Crippen molar-refractivity contribution in [3.05, 3.63) is 70.0 Å². The molecule has 0 bridgehead atoms. The van der Waals surface area contributed by atoms with E-state index in [4.69, 9.17) is 11.6 Å². The number of halogens is 1. The van der Waals surface area contributed by atoms with Crippen LogP contribution in [-0.2, 0) is 10.0 Å². The van der Waals surface area contributed by atoms with Crippen LogP contribution in [-0.4, -0.2) is 29.3 Å². The van der Waals surface area contributed by atoms with Gasteiger partial charge in [0.05, 0.1) is 21.3 Å². The van der Waals surface area contributed by atoms with E-state index in [1.807, 2.05) is 17.7 Å². The van der Waals surface area contributed by atoms with Crippen molar-refractivity contribution in [2.75, 3.05) is 0 Å². The number of carbonyl (C=O) groups excluding carboxylic acids is 1. The molecule has 0 aliphatic carbocycles. The van der Waals surface area contributed by atoms with E-state index >= 15 is 0 Å². The van der Waals surface area contributed by atoms with Gasteiger partial charge in [0.25, 0.3) is 15.9 Å². The van der Waals surface area contributed by atoms with Crippen molar-refractivity contribution in [3.8, 4) is 5.69 Å². The summed E-state index contributed by atoms with van der Waals surface area (Å²) in [4.78, 5) is 12.5. The van der Waals surface area contributed by atoms with Gasteiger partial charge in [0.2, 0.25) is 0 Å². The van der Waals surface area contributed by atoms with E-state index in [9.17, 15) is 13.2 Å². The van der Waals surface area contributed by atoms with Crippen molar-refractivity contribution in [1.29, 1.82) is 0 Å². The van der Waals surface area contributed by atoms with Gasteiger partial charge in [-0.15, -0.1) is 5.10 Å². The normalized spacial score (nSPS) is 11.4. The molecule has 0 unspecified atom stereocenters. The smallest absolute Gasteiger partial charge is 0.266 e. The molecule has 0 atom stereocenters. The van der Waals surface area contributed by atoms with Gasteiger partial charge in [-0.05, 0) is 50.1 Å². The lowest BCUT2D eigenvalue weighted by Gasteiger charge is -2.09. The highest BCUT2D eigenvalue weighted by molar-refractivity contribution is 7.90. The molecule has 3 rings (SSSR count). The van der Waals surface area contributed by atoms with Gasteiger partial charge in [0.15, 0.2) is 5.69 Å². The summed E-state index contributed by atoms with van der Waals surface area (Å²) in [5.74, 6) is -0.856. The molecule has 1 heterocycles. The number of hydrogen-bond donors (Lipinski definition) is 1. The minimum absolute atomic E-state index is 0.0324. The maximum atomic E-state index is 12.5. The summed E-state index contributed by atoms with van der Waals surface area (Å²) in [6, 6.07) is 11.8. The van der Waals surface area contributed by atoms with Crippen molar-refractivity contribution in [2.24, 2.45) is 0 Å². The molecule has 0 aliphatic heterocycles. The molecule has 9 heteroatoms. The van der Waals surface area contributed by atoms with E-state index in [0.717, 1.165) is 5.56 Å². The molecule has 27 heavy (non-hydrogen) atoms. The summed E-state index contributed by atoms with van der Waals surface area (Å²) in [5, 5.41) is 8.22. The number of aryl methyl sites for hydroxylation is 2. The van der Waals surface area contributed by atoms with Crippen LogP contribution in [0.5, 0.6) is 0 Å². The summed E-state index contributed by atoms with van der Waals surface area (Å²) >= 11 is 6.24. The van der Waals surface area contributed by atoms with Crippen molar-refractivity contribution in [2.45, 2.75) is 25.7 Å². The summed E-state index contributed by atoms with van der Waals surface area (Å²) in [5.41, 5.74) is 2.34. The zero-order valence-corrected chi connectivity index (χ0v) is 16.5. The quantitative estimate of drug-likeness (QED) is 0.721. The van der Waals surface area contributed by atoms with Crippen molar-refractivity contribution in [1.82, 2.24) is 19.7 Å². The summed E-state index contributed by atoms with van der Waals surface area (Å²) in [7, 11) is -4.03. The number of nitrogens with one attached hydrogen (secondary N) is 1. The number of rotatable bonds is 4. The third-order valence-corrected chi connectivity index (χ3v) is 5.85. The molecule has 0 saturated heterocycles. The Hall–Kier alpha value is -2.71. The highest BCUT2D eigenvalue weighted by atomic mass is 35.5. The van der Waals surface area contributed by atoms with Crippen LogP contribution >= 0.6 is 11.6 Å². The Labute approximate surface area is 162 Å². The fourth-order valence-electron chi connectivity index (χ4n) is 2.63. The number of hydrogen-bond acceptors (Lipinski definition) is 5. The van der Waals surface area contributed by atoms with Gasteiger partial charge in [-0.1, -0.05) is 41.1 Å². The van der Waals surface area contributed by atoms with Gasteiger partial charge in [-0.25, -0.2) is 17.8 Å². The van der Waals surface area contributed by atoms with Crippen LogP contribution in [0.3, 0.4) is 0 Å². The minimum atomic E-state index is -4.03. The SMILES string of the molecule is Cc1ccc(-n2nnc(C(=O)NS(=O)(=O)c3ccccc3C)c2C)c(Cl)c1. The van der Waals surface area contributed by atoms with Crippen molar-refractivity contribution in [3.63, 3.8) is 0 Å². The summed E-state index contributed by atoms with van der Waals surface area (Å²) in [6.45, 7) is 5.17. The molecule has 0 saturated carbocycles. The molecule has 0 fully saturated rings. The molecule has 1 amide bonds. The first-order valence-electron chi connectivity index (χ1n) is 8.02. The monoisotopic (exact) mass is 404 g/mol. The summed E-state index contributed by atoms with van der Waals surface area (Å²) in [6.07, 6.45) is 0. The van der Waals surface area contributed by atoms with Crippen LogP contribution in [0.25, 0.3) is 5.69 Å². The molecule has 1 N–H and O–H groups in total. The average Bonchev–Trinajstić information content (AvgIpc) is 2.96. The molecule has 2 aromatic carbocycles. The van der Waals surface area contributed by atoms with Crippen LogP contribution in [0.4, 0.5) is 0 Å². The molecule has 0 aliphatic rings. The van der Waals surface area contributed by atoms with Crippen molar-refractivity contribution >= 4 is 27.5 Å². The molecule has 0 radical (unpaired) electrons. The third kappa shape index (κ3) is 3.72. The molecular weight excluding hydrogens is 388 g/mol. The molecule has 140 valence electrons. The molecule has 1 aromatic heterocycles. The maximum absolute atomic E-state index is 12.5. The second-order valence-corrected chi connectivity index (χ2v) is 8.15. The zero-order valence-electron chi connectivity index (χ0n) is 14.9. The van der Waals surface area contributed by atoms with E-state index in [2.05, 4.69) is 10.3 Å². The van der Waals surface area contributed by atoms with Gasteiger partial charge in [0, 0.05) is 0 Å². The van der Waals surface area contributed by atoms with E-state index < -0.39 is 15.9 Å². The van der Waals surface area contributed by atoms with Crippen LogP contribution < -0.4 is 4.72 Å². The number of benzene rings is 2. The first-order valence-corrected chi connectivity index (χ1v) is 9.88. The van der Waals surface area contributed by atoms with Crippen LogP contribution in [0, 0.1) is 20.8 Å². The molecule has 7 nitrogen and oxygen atoms in total. The second-order valence-electron chi connectivity index (χ2n) is 6.09. The first-order chi connectivity index (χ1) is 12.7. The zero-order chi connectivity index (χ0) is 19.8. The number of nitrogens with zero attached hydrogens (tertiary/aromatic N) is 3. The Balaban J connectivity index is 1.93. The molecular formula is C18H17ClN4O3S.